The van der Waals surface area contributed by atoms with Crippen molar-refractivity contribution < 1.29 is 18.7 Å². The van der Waals surface area contributed by atoms with Crippen molar-refractivity contribution in [2.75, 3.05) is 20.2 Å². The standard InChI is InChI=1S/C20H20N4O4/c1-3-18(25)24-9-13(10-24)19-17(22-11-28-19)8-21-20(26)16-6-12-4-5-14(27-2)7-15(12)23-16/h3-7,11,13,23H,1,8-10H2,2H3,(H,21,26). The van der Waals surface area contributed by atoms with E-state index < -0.39 is 0 Å². The molecule has 0 unspecified atom stereocenters. The minimum Gasteiger partial charge on any atom is -0.497 e. The molecule has 0 saturated carbocycles. The molecule has 1 aliphatic rings. The van der Waals surface area contributed by atoms with E-state index in [1.807, 2.05) is 18.2 Å². The molecule has 1 aromatic carbocycles. The third-order valence-corrected chi connectivity index (χ3v) is 4.90. The van der Waals surface area contributed by atoms with Crippen LogP contribution in [0.25, 0.3) is 10.9 Å². The maximum Gasteiger partial charge on any atom is 0.268 e. The van der Waals surface area contributed by atoms with E-state index in [0.29, 0.717) is 30.2 Å². The Balaban J connectivity index is 1.40. The lowest BCUT2D eigenvalue weighted by atomic mass is 9.95. The first-order chi connectivity index (χ1) is 13.6. The van der Waals surface area contributed by atoms with Crippen molar-refractivity contribution >= 4 is 22.7 Å². The molecule has 0 radical (unpaired) electrons. The fraction of sp³-hybridized carbons (Fsp3) is 0.250. The lowest BCUT2D eigenvalue weighted by molar-refractivity contribution is -0.130. The Morgan fingerprint density at radius 1 is 1.43 bits per heavy atom. The molecule has 2 aromatic heterocycles. The van der Waals surface area contributed by atoms with Gasteiger partial charge < -0.3 is 24.4 Å². The molecule has 3 heterocycles. The Morgan fingerprint density at radius 3 is 3.00 bits per heavy atom. The molecule has 1 aliphatic heterocycles. The van der Waals surface area contributed by atoms with E-state index in [1.54, 1.807) is 18.1 Å². The summed E-state index contributed by atoms with van der Waals surface area (Å²) in [5.41, 5.74) is 1.95. The fourth-order valence-electron chi connectivity index (χ4n) is 3.31. The van der Waals surface area contributed by atoms with Crippen molar-refractivity contribution in [1.29, 1.82) is 0 Å². The van der Waals surface area contributed by atoms with Gasteiger partial charge in [-0.25, -0.2) is 4.98 Å². The normalized spacial score (nSPS) is 14.0. The molecule has 4 rings (SSSR count). The highest BCUT2D eigenvalue weighted by molar-refractivity contribution is 5.98. The molecule has 144 valence electrons. The van der Waals surface area contributed by atoms with Gasteiger partial charge in [0, 0.05) is 30.1 Å². The van der Waals surface area contributed by atoms with Crippen molar-refractivity contribution in [3.05, 3.63) is 60.5 Å². The van der Waals surface area contributed by atoms with Crippen molar-refractivity contribution in [2.45, 2.75) is 12.5 Å². The van der Waals surface area contributed by atoms with Gasteiger partial charge in [0.25, 0.3) is 5.91 Å². The Morgan fingerprint density at radius 2 is 2.25 bits per heavy atom. The number of hydrogen-bond acceptors (Lipinski definition) is 5. The highest BCUT2D eigenvalue weighted by atomic mass is 16.5. The van der Waals surface area contributed by atoms with Gasteiger partial charge in [0.05, 0.1) is 19.6 Å². The first-order valence-corrected chi connectivity index (χ1v) is 8.87. The molecule has 1 saturated heterocycles. The van der Waals surface area contributed by atoms with E-state index in [2.05, 4.69) is 21.9 Å². The number of amides is 2. The number of benzene rings is 1. The van der Waals surface area contributed by atoms with Crippen LogP contribution in [0.1, 0.15) is 27.9 Å². The van der Waals surface area contributed by atoms with Gasteiger partial charge in [-0.15, -0.1) is 0 Å². The van der Waals surface area contributed by atoms with Gasteiger partial charge in [0.1, 0.15) is 22.9 Å². The van der Waals surface area contributed by atoms with Crippen LogP contribution in [0.2, 0.25) is 0 Å². The number of H-pyrrole nitrogens is 1. The SMILES string of the molecule is C=CC(=O)N1CC(c2ocnc2CNC(=O)c2cc3ccc(OC)cc3[nH]2)C1. The Hall–Kier alpha value is -3.55. The molecule has 2 N–H and O–H groups in total. The van der Waals surface area contributed by atoms with Crippen molar-refractivity contribution in [1.82, 2.24) is 20.2 Å². The van der Waals surface area contributed by atoms with Crippen molar-refractivity contribution in [3.63, 3.8) is 0 Å². The van der Waals surface area contributed by atoms with Crippen LogP contribution in [-0.2, 0) is 11.3 Å². The van der Waals surface area contributed by atoms with Crippen LogP contribution in [0.5, 0.6) is 5.75 Å². The summed E-state index contributed by atoms with van der Waals surface area (Å²) in [7, 11) is 1.60. The second kappa shape index (κ2) is 7.22. The number of fused-ring (bicyclic) bond motifs is 1. The first kappa shape index (κ1) is 17.8. The number of ether oxygens (including phenoxy) is 1. The van der Waals surface area contributed by atoms with Crippen molar-refractivity contribution in [2.24, 2.45) is 0 Å². The Bertz CT molecular complexity index is 1050. The maximum absolute atomic E-state index is 12.5. The number of aromatic amines is 1. The number of rotatable bonds is 6. The summed E-state index contributed by atoms with van der Waals surface area (Å²) in [6.07, 6.45) is 2.66. The second-order valence-corrected chi connectivity index (χ2v) is 6.63. The minimum absolute atomic E-state index is 0.0823. The van der Waals surface area contributed by atoms with Crippen LogP contribution >= 0.6 is 0 Å². The smallest absolute Gasteiger partial charge is 0.268 e. The quantitative estimate of drug-likeness (QED) is 0.639. The van der Waals surface area contributed by atoms with Crippen molar-refractivity contribution in [3.8, 4) is 5.75 Å². The topological polar surface area (TPSA) is 100 Å². The van der Waals surface area contributed by atoms with Gasteiger partial charge in [0.2, 0.25) is 5.91 Å². The first-order valence-electron chi connectivity index (χ1n) is 8.87. The van der Waals surface area contributed by atoms with Gasteiger partial charge in [-0.1, -0.05) is 6.58 Å². The lowest BCUT2D eigenvalue weighted by Gasteiger charge is -2.37. The van der Waals surface area contributed by atoms with E-state index in [0.717, 1.165) is 16.7 Å². The third-order valence-electron chi connectivity index (χ3n) is 4.90. The predicted octanol–water partition coefficient (Wildman–Crippen LogP) is 2.21. The van der Waals surface area contributed by atoms with E-state index in [-0.39, 0.29) is 24.3 Å². The van der Waals surface area contributed by atoms with Gasteiger partial charge in [-0.3, -0.25) is 9.59 Å². The monoisotopic (exact) mass is 380 g/mol. The maximum atomic E-state index is 12.5. The summed E-state index contributed by atoms with van der Waals surface area (Å²) in [4.78, 5) is 33.1. The van der Waals surface area contributed by atoms with Gasteiger partial charge in [-0.2, -0.15) is 0 Å². The average molecular weight is 380 g/mol. The molecule has 0 aliphatic carbocycles. The van der Waals surface area contributed by atoms with E-state index in [4.69, 9.17) is 9.15 Å². The predicted molar refractivity (Wildman–Crippen MR) is 102 cm³/mol. The van der Waals surface area contributed by atoms with Gasteiger partial charge in [-0.05, 0) is 24.3 Å². The summed E-state index contributed by atoms with van der Waals surface area (Å²) in [5, 5.41) is 3.78. The molecule has 2 amide bonds. The summed E-state index contributed by atoms with van der Waals surface area (Å²) in [6, 6.07) is 7.37. The summed E-state index contributed by atoms with van der Waals surface area (Å²) in [6.45, 7) is 4.85. The number of nitrogens with one attached hydrogen (secondary N) is 2. The molecule has 8 heteroatoms. The molecule has 8 nitrogen and oxygen atoms in total. The fourth-order valence-corrected chi connectivity index (χ4v) is 3.31. The van der Waals surface area contributed by atoms with E-state index >= 15 is 0 Å². The number of nitrogens with zero attached hydrogens (tertiary/aromatic N) is 2. The van der Waals surface area contributed by atoms with Crippen LogP contribution in [0.3, 0.4) is 0 Å². The third kappa shape index (κ3) is 3.24. The second-order valence-electron chi connectivity index (χ2n) is 6.63. The van der Waals surface area contributed by atoms with Gasteiger partial charge >= 0.3 is 0 Å². The summed E-state index contributed by atoms with van der Waals surface area (Å²) < 4.78 is 10.7. The summed E-state index contributed by atoms with van der Waals surface area (Å²) in [5.74, 6) is 1.17. The molecule has 28 heavy (non-hydrogen) atoms. The number of carbonyl (C=O) groups is 2. The molecular formula is C20H20N4O4. The van der Waals surface area contributed by atoms with E-state index in [1.165, 1.54) is 12.5 Å². The highest BCUT2D eigenvalue weighted by Gasteiger charge is 2.34. The Kier molecular flexibility index (Phi) is 4.60. The number of methoxy groups -OCH3 is 1. The number of likely N-dealkylation sites (tertiary alicyclic amines) is 1. The highest BCUT2D eigenvalue weighted by Crippen LogP contribution is 2.29. The number of carbonyl (C=O) groups excluding carboxylic acids is 2. The number of hydrogen-bond donors (Lipinski definition) is 2. The average Bonchev–Trinajstić information content (AvgIpc) is 3.30. The van der Waals surface area contributed by atoms with Gasteiger partial charge in [0.15, 0.2) is 6.39 Å². The van der Waals surface area contributed by atoms with Crippen LogP contribution in [-0.4, -0.2) is 46.9 Å². The van der Waals surface area contributed by atoms with Crippen LogP contribution in [0.15, 0.2) is 47.7 Å². The largest absolute Gasteiger partial charge is 0.497 e. The molecule has 3 aromatic rings. The molecule has 1 fully saturated rings. The number of oxazole rings is 1. The number of aromatic nitrogens is 2. The minimum atomic E-state index is -0.235. The van der Waals surface area contributed by atoms with Crippen LogP contribution in [0.4, 0.5) is 0 Å². The zero-order valence-electron chi connectivity index (χ0n) is 15.4. The molecule has 0 atom stereocenters. The zero-order valence-corrected chi connectivity index (χ0v) is 15.4. The molecule has 0 spiro atoms. The molecule has 0 bridgehead atoms. The zero-order chi connectivity index (χ0) is 19.7. The van der Waals surface area contributed by atoms with E-state index in [9.17, 15) is 9.59 Å². The molecular weight excluding hydrogens is 360 g/mol. The Labute approximate surface area is 161 Å². The lowest BCUT2D eigenvalue weighted by Crippen LogP contribution is -2.48. The van der Waals surface area contributed by atoms with Crippen LogP contribution < -0.4 is 10.1 Å². The summed E-state index contributed by atoms with van der Waals surface area (Å²) >= 11 is 0. The van der Waals surface area contributed by atoms with Crippen LogP contribution in [0, 0.1) is 0 Å².